The lowest BCUT2D eigenvalue weighted by Gasteiger charge is -2.12. The summed E-state index contributed by atoms with van der Waals surface area (Å²) in [6.45, 7) is 12.1. The number of esters is 1. The lowest BCUT2D eigenvalue weighted by Crippen LogP contribution is -2.12. The van der Waals surface area contributed by atoms with E-state index in [0.29, 0.717) is 12.3 Å². The largest absolute Gasteiger partial charge is 0.462 e. The molecule has 1 fully saturated rings. The van der Waals surface area contributed by atoms with E-state index in [-0.39, 0.29) is 23.8 Å². The summed E-state index contributed by atoms with van der Waals surface area (Å²) >= 11 is 0. The van der Waals surface area contributed by atoms with Crippen LogP contribution in [0.25, 0.3) is 0 Å². The molecule has 0 radical (unpaired) electrons. The average Bonchev–Trinajstić information content (AvgIpc) is 3.12. The number of carbonyl (C=O) groups excluding carboxylic acids is 2. The maximum Gasteiger partial charge on any atom is 0.306 e. The van der Waals surface area contributed by atoms with Crippen LogP contribution in [-0.2, 0) is 14.3 Å². The Kier molecular flexibility index (Phi) is 17.2. The van der Waals surface area contributed by atoms with Crippen molar-refractivity contribution in [3.05, 3.63) is 35.5 Å². The smallest absolute Gasteiger partial charge is 0.306 e. The van der Waals surface area contributed by atoms with E-state index in [4.69, 9.17) is 10.00 Å². The second-order valence-corrected chi connectivity index (χ2v) is 8.44. The molecule has 32 heavy (non-hydrogen) atoms. The third-order valence-corrected chi connectivity index (χ3v) is 5.68. The molecular weight excluding hydrogens is 398 g/mol. The van der Waals surface area contributed by atoms with Crippen LogP contribution in [0, 0.1) is 23.2 Å². The fourth-order valence-corrected chi connectivity index (χ4v) is 3.71. The van der Waals surface area contributed by atoms with Crippen molar-refractivity contribution in [2.75, 3.05) is 0 Å². The monoisotopic (exact) mass is 443 g/mol. The van der Waals surface area contributed by atoms with Crippen molar-refractivity contribution in [3.8, 4) is 6.07 Å². The Balaban J connectivity index is 0.000000595. The van der Waals surface area contributed by atoms with Gasteiger partial charge in [-0.3, -0.25) is 9.59 Å². The summed E-state index contributed by atoms with van der Waals surface area (Å²) in [4.78, 5) is 22.4. The Labute approximate surface area is 196 Å². The van der Waals surface area contributed by atoms with Crippen LogP contribution in [0.4, 0.5) is 0 Å². The molecule has 0 aromatic carbocycles. The van der Waals surface area contributed by atoms with Crippen molar-refractivity contribution in [1.29, 1.82) is 5.26 Å². The van der Waals surface area contributed by atoms with Crippen LogP contribution in [0.15, 0.2) is 35.5 Å². The van der Waals surface area contributed by atoms with Gasteiger partial charge in [-0.1, -0.05) is 78.5 Å². The number of Topliss-reactive ketones (excluding diaryl/α,β-unsaturated/α-hetero) is 1. The highest BCUT2D eigenvalue weighted by Crippen LogP contribution is 2.25. The summed E-state index contributed by atoms with van der Waals surface area (Å²) in [6.07, 6.45) is 18.5. The molecule has 0 saturated carbocycles. The number of nitriles is 1. The Morgan fingerprint density at radius 1 is 1.19 bits per heavy atom. The molecule has 1 heterocycles. The van der Waals surface area contributed by atoms with Gasteiger partial charge in [-0.15, -0.1) is 0 Å². The minimum atomic E-state index is -0.0102. The van der Waals surface area contributed by atoms with Crippen LogP contribution < -0.4 is 0 Å². The van der Waals surface area contributed by atoms with Gasteiger partial charge in [0.25, 0.3) is 0 Å². The first-order valence-corrected chi connectivity index (χ1v) is 12.6. The second kappa shape index (κ2) is 18.4. The van der Waals surface area contributed by atoms with Gasteiger partial charge >= 0.3 is 5.97 Å². The summed E-state index contributed by atoms with van der Waals surface area (Å²) < 4.78 is 5.18. The molecule has 180 valence electrons. The fourth-order valence-electron chi connectivity index (χ4n) is 3.71. The molecule has 1 aliphatic carbocycles. The number of hydrogen-bond donors (Lipinski definition) is 0. The first-order valence-electron chi connectivity index (χ1n) is 12.6. The molecule has 0 N–H and O–H groups in total. The Hall–Kier alpha value is -2.15. The molecular formula is C28H45NO3. The molecule has 2 rings (SSSR count). The predicted octanol–water partition coefficient (Wildman–Crippen LogP) is 7.65. The minimum absolute atomic E-state index is 0.0102. The van der Waals surface area contributed by atoms with Crippen LogP contribution in [0.2, 0.25) is 0 Å². The number of cyclic esters (lactones) is 1. The quantitative estimate of drug-likeness (QED) is 0.197. The van der Waals surface area contributed by atoms with E-state index >= 15 is 0 Å². The molecule has 0 aromatic rings. The topological polar surface area (TPSA) is 67.2 Å². The van der Waals surface area contributed by atoms with Gasteiger partial charge in [0.15, 0.2) is 5.78 Å². The molecule has 4 heteroatoms. The number of hydrogen-bond acceptors (Lipinski definition) is 4. The van der Waals surface area contributed by atoms with Crippen molar-refractivity contribution < 1.29 is 14.3 Å². The van der Waals surface area contributed by atoms with Crippen molar-refractivity contribution in [1.82, 2.24) is 0 Å². The summed E-state index contributed by atoms with van der Waals surface area (Å²) in [5.41, 5.74) is 1.65. The van der Waals surface area contributed by atoms with Gasteiger partial charge in [-0.05, 0) is 56.6 Å². The van der Waals surface area contributed by atoms with E-state index < -0.39 is 0 Å². The number of unbranched alkanes of at least 4 members (excludes halogenated alkanes) is 4. The average molecular weight is 444 g/mol. The van der Waals surface area contributed by atoms with E-state index in [1.807, 2.05) is 32.1 Å². The zero-order valence-corrected chi connectivity index (χ0v) is 21.3. The standard InChI is InChI=1S/C16H21NO.C10H18O2.C2H6/c1-3-4-5-6-16(13(2)18)11-14-7-9-15(12-17)10-8-14;1-3-4-5-6-9-8(2)7-10(11)12-9;1-2/h7,9-11,14H,3-6,8H2,1-2H3;8-9H,3-7H2,1-2H3;1-2H3/b16-11+;;. The molecule has 4 nitrogen and oxygen atoms in total. The van der Waals surface area contributed by atoms with E-state index in [2.05, 4.69) is 32.9 Å². The number of allylic oxidation sites excluding steroid dienone is 6. The van der Waals surface area contributed by atoms with Crippen molar-refractivity contribution in [2.45, 2.75) is 112 Å². The highest BCUT2D eigenvalue weighted by molar-refractivity contribution is 5.93. The van der Waals surface area contributed by atoms with Crippen molar-refractivity contribution in [2.24, 2.45) is 11.8 Å². The van der Waals surface area contributed by atoms with E-state index in [9.17, 15) is 9.59 Å². The first-order chi connectivity index (χ1) is 15.4. The molecule has 0 bridgehead atoms. The maximum absolute atomic E-state index is 11.6. The Morgan fingerprint density at radius 2 is 1.84 bits per heavy atom. The lowest BCUT2D eigenvalue weighted by atomic mass is 9.92. The van der Waals surface area contributed by atoms with Crippen molar-refractivity contribution >= 4 is 11.8 Å². The normalized spacial score (nSPS) is 21.9. The minimum Gasteiger partial charge on any atom is -0.462 e. The molecule has 1 aliphatic heterocycles. The summed E-state index contributed by atoms with van der Waals surface area (Å²) in [6, 6.07) is 2.13. The SMILES string of the molecule is CC.CCCCC/C(=C\C1C=CC(C#N)=CC1)C(C)=O.CCCCCC1OC(=O)CC1C. The van der Waals surface area contributed by atoms with E-state index in [0.717, 1.165) is 36.8 Å². The lowest BCUT2D eigenvalue weighted by molar-refractivity contribution is -0.141. The van der Waals surface area contributed by atoms with E-state index in [1.165, 1.54) is 32.1 Å². The molecule has 0 aromatic heterocycles. The van der Waals surface area contributed by atoms with Crippen LogP contribution in [0.1, 0.15) is 106 Å². The summed E-state index contributed by atoms with van der Waals surface area (Å²) in [5.74, 6) is 0.871. The third kappa shape index (κ3) is 12.6. The van der Waals surface area contributed by atoms with Gasteiger partial charge in [0, 0.05) is 11.5 Å². The number of rotatable bonds is 10. The molecule has 3 atom stereocenters. The van der Waals surface area contributed by atoms with Gasteiger partial charge in [0.05, 0.1) is 12.5 Å². The van der Waals surface area contributed by atoms with Gasteiger partial charge in [0.2, 0.25) is 0 Å². The fraction of sp³-hybridized carbons (Fsp3) is 0.679. The zero-order valence-electron chi connectivity index (χ0n) is 21.3. The van der Waals surface area contributed by atoms with Crippen molar-refractivity contribution in [3.63, 3.8) is 0 Å². The third-order valence-electron chi connectivity index (χ3n) is 5.68. The Bertz CT molecular complexity index is 681. The van der Waals surface area contributed by atoms with Gasteiger partial charge < -0.3 is 4.74 Å². The van der Waals surface area contributed by atoms with Gasteiger partial charge in [0.1, 0.15) is 6.10 Å². The van der Waals surface area contributed by atoms with Gasteiger partial charge in [-0.2, -0.15) is 5.26 Å². The number of ether oxygens (including phenoxy) is 1. The van der Waals surface area contributed by atoms with Gasteiger partial charge in [-0.25, -0.2) is 0 Å². The maximum atomic E-state index is 11.6. The highest BCUT2D eigenvalue weighted by atomic mass is 16.5. The molecule has 2 aliphatic rings. The predicted molar refractivity (Wildman–Crippen MR) is 133 cm³/mol. The molecule has 0 amide bonds. The molecule has 3 unspecified atom stereocenters. The van der Waals surface area contributed by atoms with Crippen LogP contribution in [0.5, 0.6) is 0 Å². The second-order valence-electron chi connectivity index (χ2n) is 8.44. The summed E-state index contributed by atoms with van der Waals surface area (Å²) in [7, 11) is 0. The highest BCUT2D eigenvalue weighted by Gasteiger charge is 2.30. The zero-order chi connectivity index (χ0) is 24.4. The van der Waals surface area contributed by atoms with Crippen LogP contribution in [0.3, 0.4) is 0 Å². The Morgan fingerprint density at radius 3 is 2.31 bits per heavy atom. The van der Waals surface area contributed by atoms with Crippen LogP contribution in [-0.4, -0.2) is 17.9 Å². The first kappa shape index (κ1) is 29.9. The number of ketones is 1. The molecule has 1 saturated heterocycles. The van der Waals surface area contributed by atoms with Crippen LogP contribution >= 0.6 is 0 Å². The van der Waals surface area contributed by atoms with E-state index in [1.54, 1.807) is 6.92 Å². The molecule has 0 spiro atoms. The number of carbonyl (C=O) groups is 2. The number of nitrogens with zero attached hydrogens (tertiary/aromatic N) is 1. The summed E-state index contributed by atoms with van der Waals surface area (Å²) in [5, 5.41) is 8.75.